The molecule has 2 fully saturated rings. The van der Waals surface area contributed by atoms with Crippen LogP contribution >= 0.6 is 0 Å². The molecular weight excluding hydrogens is 624 g/mol. The van der Waals surface area contributed by atoms with Crippen molar-refractivity contribution in [1.82, 2.24) is 30.6 Å². The molecule has 8 atom stereocenters. The lowest BCUT2D eigenvalue weighted by molar-refractivity contribution is -0.167. The van der Waals surface area contributed by atoms with Gasteiger partial charge in [-0.2, -0.15) is 10.1 Å². The van der Waals surface area contributed by atoms with Gasteiger partial charge in [-0.05, 0) is 0 Å². The van der Waals surface area contributed by atoms with Crippen LogP contribution < -0.4 is 10.6 Å². The second-order valence-corrected chi connectivity index (χ2v) is 10.2. The monoisotopic (exact) mass is 664 g/mol. The Bertz CT molecular complexity index is 1070. The molecule has 0 aromatic carbocycles. The van der Waals surface area contributed by atoms with Crippen molar-refractivity contribution in [3.05, 3.63) is 12.2 Å². The third-order valence-corrected chi connectivity index (χ3v) is 7.11. The maximum atomic E-state index is 12.5. The third kappa shape index (κ3) is 9.67. The van der Waals surface area contributed by atoms with Gasteiger partial charge in [0, 0.05) is 39.3 Å². The molecule has 2 rings (SSSR count). The Morgan fingerprint density at radius 3 is 1.33 bits per heavy atom. The number of nitrogens with zero attached hydrogens (tertiary/aromatic N) is 4. The van der Waals surface area contributed by atoms with Crippen molar-refractivity contribution < 1.29 is 69.7 Å². The zero-order chi connectivity index (χ0) is 34.9. The maximum absolute atomic E-state index is 12.5. The molecule has 260 valence electrons. The van der Waals surface area contributed by atoms with Crippen LogP contribution in [0.25, 0.3) is 0 Å². The van der Waals surface area contributed by atoms with Crippen molar-refractivity contribution in [2.45, 2.75) is 48.7 Å². The quantitative estimate of drug-likeness (QED) is 0.0496. The van der Waals surface area contributed by atoms with Crippen LogP contribution in [0.4, 0.5) is 0 Å². The number of guanidine groups is 2. The number of hydrogen-bond acceptors (Lipinski definition) is 16. The van der Waals surface area contributed by atoms with Crippen LogP contribution in [-0.4, -0.2) is 199 Å². The second-order valence-electron chi connectivity index (χ2n) is 10.2. The van der Waals surface area contributed by atoms with Crippen LogP contribution in [-0.2, 0) is 28.9 Å². The van der Waals surface area contributed by atoms with Gasteiger partial charge in [0.15, 0.2) is 0 Å². The van der Waals surface area contributed by atoms with Crippen molar-refractivity contribution in [1.29, 1.82) is 10.8 Å². The number of β-amino-alcohol motifs (C(OH)–C–C–N with tert-alkyl or cyclic N) is 2. The van der Waals surface area contributed by atoms with E-state index in [0.717, 1.165) is 23.9 Å². The number of aliphatic hydroxyl groups excluding tert-OH is 8. The smallest absolute Gasteiger partial charge is 0.356 e. The van der Waals surface area contributed by atoms with Gasteiger partial charge in [-0.15, -0.1) is 0 Å². The number of hydroxylamine groups is 4. The van der Waals surface area contributed by atoms with Crippen LogP contribution in [0.5, 0.6) is 0 Å². The van der Waals surface area contributed by atoms with E-state index in [1.807, 2.05) is 0 Å². The summed E-state index contributed by atoms with van der Waals surface area (Å²) in [4.78, 5) is 60.6. The average Bonchev–Trinajstić information content (AvgIpc) is 3.01. The van der Waals surface area contributed by atoms with E-state index in [2.05, 4.69) is 10.6 Å². The van der Waals surface area contributed by atoms with E-state index in [1.54, 1.807) is 0 Å². The fourth-order valence-corrected chi connectivity index (χ4v) is 4.46. The molecular formula is C24H40N8O14. The van der Waals surface area contributed by atoms with Gasteiger partial charge in [0.25, 0.3) is 0 Å². The Balaban J connectivity index is 1.77. The third-order valence-electron chi connectivity index (χ3n) is 7.11. The SMILES string of the molecule is CN(OC(=O)/C=C\C(=O)ON(C)C(=N)NCC(=O)N1C[C@H](O)[C@@H](O)[C@@H](O)C1CO)C(=N)NCC(=O)N1C[C@H](O)[C@@H](O)[C@@H](O)C1CO. The molecule has 2 unspecified atom stereocenters. The number of aliphatic hydroxyl groups is 8. The summed E-state index contributed by atoms with van der Waals surface area (Å²) in [5, 5.41) is 99.7. The number of nitrogens with one attached hydrogen (secondary N) is 4. The lowest BCUT2D eigenvalue weighted by Gasteiger charge is -2.43. The molecule has 0 aromatic rings. The van der Waals surface area contributed by atoms with Crippen molar-refractivity contribution in [2.24, 2.45) is 0 Å². The van der Waals surface area contributed by atoms with Crippen LogP contribution in [0.2, 0.25) is 0 Å². The van der Waals surface area contributed by atoms with E-state index in [1.165, 1.54) is 0 Å². The first-order valence-corrected chi connectivity index (χ1v) is 13.7. The Morgan fingerprint density at radius 2 is 1.02 bits per heavy atom. The molecule has 0 radical (unpaired) electrons. The van der Waals surface area contributed by atoms with Crippen molar-refractivity contribution >= 4 is 35.7 Å². The Kier molecular flexibility index (Phi) is 14.0. The predicted octanol–water partition coefficient (Wildman–Crippen LogP) is -8.06. The van der Waals surface area contributed by atoms with Crippen molar-refractivity contribution in [3.8, 4) is 0 Å². The predicted molar refractivity (Wildman–Crippen MR) is 150 cm³/mol. The van der Waals surface area contributed by atoms with Gasteiger partial charge in [-0.3, -0.25) is 20.4 Å². The summed E-state index contributed by atoms with van der Waals surface area (Å²) in [6.45, 7) is -3.36. The molecule has 22 heteroatoms. The summed E-state index contributed by atoms with van der Waals surface area (Å²) >= 11 is 0. The minimum Gasteiger partial charge on any atom is -0.394 e. The molecule has 2 heterocycles. The standard InChI is InChI=1S/C24H40N8O14/c1-29(23(25)27-5-15(37)31-7-13(35)21(43)19(41)11(31)9-33)45-17(39)3-4-18(40)46-30(2)24(26)28-6-16(38)32-8-14(36)22(44)20(42)12(32)10-34/h3-4,11-14,19-22,33-36,41-44H,5-10H2,1-2H3,(H2,25,27)(H2,26,28)/b4-3-/t11?,12?,13-,14-,19-,20-,21+,22+/m0/s1. The normalized spacial score (nSPS) is 27.9. The van der Waals surface area contributed by atoms with E-state index in [9.17, 15) is 60.0 Å². The van der Waals surface area contributed by atoms with Crippen LogP contribution in [0.3, 0.4) is 0 Å². The van der Waals surface area contributed by atoms with Gasteiger partial charge in [-0.1, -0.05) is 0 Å². The van der Waals surface area contributed by atoms with Gasteiger partial charge in [0.05, 0.1) is 38.4 Å². The molecule has 2 aliphatic rings. The molecule has 2 amide bonds. The van der Waals surface area contributed by atoms with Crippen molar-refractivity contribution in [2.75, 3.05) is 53.5 Å². The summed E-state index contributed by atoms with van der Waals surface area (Å²) in [6, 6.07) is -2.41. The molecule has 2 aliphatic heterocycles. The Labute approximate surface area is 261 Å². The number of carbonyl (C=O) groups excluding carboxylic acids is 4. The number of amides is 2. The van der Waals surface area contributed by atoms with Gasteiger partial charge in [0.2, 0.25) is 23.7 Å². The highest BCUT2D eigenvalue weighted by molar-refractivity contribution is 5.93. The second kappa shape index (κ2) is 17.0. The average molecular weight is 665 g/mol. The summed E-state index contributed by atoms with van der Waals surface area (Å²) in [5.74, 6) is -5.04. The largest absolute Gasteiger partial charge is 0.394 e. The van der Waals surface area contributed by atoms with E-state index < -0.39 is 124 Å². The summed E-state index contributed by atoms with van der Waals surface area (Å²) in [6.07, 6.45) is -8.06. The number of hydrogen-bond donors (Lipinski definition) is 12. The number of piperidine rings is 2. The lowest BCUT2D eigenvalue weighted by Crippen LogP contribution is -2.65. The lowest BCUT2D eigenvalue weighted by atomic mass is 9.94. The summed E-state index contributed by atoms with van der Waals surface area (Å²) in [5.41, 5.74) is 0. The van der Waals surface area contributed by atoms with Gasteiger partial charge >= 0.3 is 11.9 Å². The summed E-state index contributed by atoms with van der Waals surface area (Å²) < 4.78 is 0. The van der Waals surface area contributed by atoms with Crippen LogP contribution in [0.15, 0.2) is 12.2 Å². The zero-order valence-electron chi connectivity index (χ0n) is 24.8. The molecule has 0 aliphatic carbocycles. The van der Waals surface area contributed by atoms with Gasteiger partial charge in [-0.25, -0.2) is 9.59 Å². The minimum absolute atomic E-state index is 0.392. The first-order valence-electron chi connectivity index (χ1n) is 13.7. The molecule has 0 aromatic heterocycles. The fourth-order valence-electron chi connectivity index (χ4n) is 4.46. The highest BCUT2D eigenvalue weighted by atomic mass is 16.7. The number of rotatable bonds is 8. The van der Waals surface area contributed by atoms with E-state index in [4.69, 9.17) is 20.5 Å². The minimum atomic E-state index is -1.61. The molecule has 12 N–H and O–H groups in total. The fraction of sp³-hybridized carbons (Fsp3) is 0.667. The molecule has 0 bridgehead atoms. The van der Waals surface area contributed by atoms with E-state index in [0.29, 0.717) is 22.3 Å². The topological polar surface area (TPSA) is 333 Å². The number of likely N-dealkylation sites (tertiary alicyclic amines) is 2. The molecule has 0 spiro atoms. The summed E-state index contributed by atoms with van der Waals surface area (Å²) in [7, 11) is 2.23. The first kappa shape index (κ1) is 38.0. The van der Waals surface area contributed by atoms with Crippen LogP contribution in [0, 0.1) is 10.8 Å². The molecule has 22 nitrogen and oxygen atoms in total. The first-order chi connectivity index (χ1) is 21.5. The Hall–Kier alpha value is -4.16. The van der Waals surface area contributed by atoms with Crippen molar-refractivity contribution in [3.63, 3.8) is 0 Å². The van der Waals surface area contributed by atoms with E-state index >= 15 is 0 Å². The van der Waals surface area contributed by atoms with E-state index in [-0.39, 0.29) is 0 Å². The Morgan fingerprint density at radius 1 is 0.696 bits per heavy atom. The van der Waals surface area contributed by atoms with Crippen LogP contribution in [0.1, 0.15) is 0 Å². The molecule has 0 saturated carbocycles. The highest BCUT2D eigenvalue weighted by Gasteiger charge is 2.44. The van der Waals surface area contributed by atoms with Gasteiger partial charge in [0.1, 0.15) is 36.6 Å². The molecule has 2 saturated heterocycles. The molecule has 46 heavy (non-hydrogen) atoms. The highest BCUT2D eigenvalue weighted by Crippen LogP contribution is 2.20. The van der Waals surface area contributed by atoms with Gasteiger partial charge < -0.3 is 71.0 Å². The maximum Gasteiger partial charge on any atom is 0.356 e. The zero-order valence-corrected chi connectivity index (χ0v) is 24.8. The number of carbonyl (C=O) groups is 4.